The second-order valence-electron chi connectivity index (χ2n) is 8.70. The lowest BCUT2D eigenvalue weighted by Crippen LogP contribution is -2.41. The number of hydrogen-bond acceptors (Lipinski definition) is 0. The van der Waals surface area contributed by atoms with Gasteiger partial charge in [-0.2, -0.15) is 0 Å². The Kier molecular flexibility index (Phi) is 20.5. The first-order valence-corrected chi connectivity index (χ1v) is 17.3. The van der Waals surface area contributed by atoms with E-state index in [0.29, 0.717) is 0 Å². The minimum absolute atomic E-state index is 0.978. The number of rotatable bonds is 21. The number of unbranched alkanes of at least 4 members (excludes halogenated alkanes) is 12. The molecule has 2 radical (unpaired) electrons. The third kappa shape index (κ3) is 15.5. The fourth-order valence-corrected chi connectivity index (χ4v) is 14.5. The maximum atomic E-state index is 2.36. The van der Waals surface area contributed by atoms with Crippen molar-refractivity contribution in [3.63, 3.8) is 0 Å². The fraction of sp³-hybridized carbons (Fsp3) is 1.00. The summed E-state index contributed by atoms with van der Waals surface area (Å²) in [5, 5.41) is 0. The van der Waals surface area contributed by atoms with Crippen LogP contribution in [-0.2, 0) is 0 Å². The van der Waals surface area contributed by atoms with Crippen molar-refractivity contribution in [2.24, 2.45) is 0 Å². The zero-order valence-electron chi connectivity index (χ0n) is 19.1. The van der Waals surface area contributed by atoms with Gasteiger partial charge in [0.15, 0.2) is 0 Å². The largest absolute Gasteiger partial charge is 0.0654 e. The molecule has 0 atom stereocenters. The van der Waals surface area contributed by atoms with Crippen molar-refractivity contribution in [3.8, 4) is 0 Å². The Balaban J connectivity index is 4.63. The quantitative estimate of drug-likeness (QED) is 0.134. The SMILES string of the molecule is CCCCCC[Si][Si](CCCCCC)(CCCCCC)CCCCCC. The molecule has 0 unspecified atom stereocenters. The first kappa shape index (κ1) is 26.4. The van der Waals surface area contributed by atoms with E-state index in [2.05, 4.69) is 27.7 Å². The molecule has 0 saturated heterocycles. The highest BCUT2D eigenvalue weighted by Gasteiger charge is 2.30. The van der Waals surface area contributed by atoms with E-state index >= 15 is 0 Å². The minimum atomic E-state index is -0.978. The summed E-state index contributed by atoms with van der Waals surface area (Å²) in [7, 11) is 0.402. The molecule has 0 amide bonds. The summed E-state index contributed by atoms with van der Waals surface area (Å²) < 4.78 is 0. The molecule has 0 aromatic heterocycles. The first-order valence-electron chi connectivity index (χ1n) is 12.5. The van der Waals surface area contributed by atoms with Gasteiger partial charge in [0.05, 0.1) is 0 Å². The molecule has 0 nitrogen and oxygen atoms in total. The van der Waals surface area contributed by atoms with Crippen molar-refractivity contribution in [1.29, 1.82) is 0 Å². The van der Waals surface area contributed by atoms with Gasteiger partial charge < -0.3 is 0 Å². The van der Waals surface area contributed by atoms with Gasteiger partial charge >= 0.3 is 0 Å². The highest BCUT2D eigenvalue weighted by molar-refractivity contribution is 7.24. The van der Waals surface area contributed by atoms with Gasteiger partial charge in [-0.25, -0.2) is 0 Å². The second kappa shape index (κ2) is 20.2. The normalized spacial score (nSPS) is 12.0. The molecule has 0 N–H and O–H groups in total. The van der Waals surface area contributed by atoms with Gasteiger partial charge in [0.25, 0.3) is 0 Å². The lowest BCUT2D eigenvalue weighted by molar-refractivity contribution is 0.669. The fourth-order valence-electron chi connectivity index (χ4n) is 4.22. The maximum absolute atomic E-state index is 2.36. The predicted molar refractivity (Wildman–Crippen MR) is 127 cm³/mol. The number of hydrogen-bond donors (Lipinski definition) is 0. The molecule has 0 aromatic carbocycles. The molecule has 0 aliphatic carbocycles. The molecule has 0 heterocycles. The summed E-state index contributed by atoms with van der Waals surface area (Å²) >= 11 is 0. The lowest BCUT2D eigenvalue weighted by Gasteiger charge is -2.32. The van der Waals surface area contributed by atoms with Gasteiger partial charge in [-0.05, 0) is 0 Å². The monoisotopic (exact) mass is 396 g/mol. The standard InChI is InChI=1S/C24H52Si2/c1-5-9-13-17-21-25-26(22-18-14-10-6-2,23-19-15-11-7-3)24-20-16-12-8-4/h5-24H2,1-4H3. The van der Waals surface area contributed by atoms with E-state index in [-0.39, 0.29) is 0 Å². The van der Waals surface area contributed by atoms with Crippen LogP contribution in [-0.4, -0.2) is 16.6 Å². The van der Waals surface area contributed by atoms with Crippen molar-refractivity contribution >= 4 is 16.6 Å². The minimum Gasteiger partial charge on any atom is -0.0654 e. The topological polar surface area (TPSA) is 0 Å². The Morgan fingerprint density at radius 3 is 1.12 bits per heavy atom. The highest BCUT2D eigenvalue weighted by atomic mass is 29.2. The Hall–Kier alpha value is 0.434. The Labute approximate surface area is 171 Å². The van der Waals surface area contributed by atoms with E-state index in [1.807, 2.05) is 0 Å². The van der Waals surface area contributed by atoms with Crippen molar-refractivity contribution in [1.82, 2.24) is 0 Å². The van der Waals surface area contributed by atoms with E-state index in [1.165, 1.54) is 92.5 Å². The first-order chi connectivity index (χ1) is 12.7. The van der Waals surface area contributed by atoms with Gasteiger partial charge in [0.1, 0.15) is 0 Å². The summed E-state index contributed by atoms with van der Waals surface area (Å²) in [6.07, 6.45) is 23.6. The average Bonchev–Trinajstić information content (AvgIpc) is 2.65. The third-order valence-electron chi connectivity index (χ3n) is 6.06. The molecule has 26 heavy (non-hydrogen) atoms. The van der Waals surface area contributed by atoms with Gasteiger partial charge in [-0.1, -0.05) is 155 Å². The molecule has 0 aliphatic rings. The summed E-state index contributed by atoms with van der Waals surface area (Å²) in [5.74, 6) is 0. The summed E-state index contributed by atoms with van der Waals surface area (Å²) in [6, 6.07) is 6.62. The van der Waals surface area contributed by atoms with E-state index < -0.39 is 7.59 Å². The van der Waals surface area contributed by atoms with Crippen LogP contribution >= 0.6 is 0 Å². The zero-order valence-corrected chi connectivity index (χ0v) is 21.1. The second-order valence-corrected chi connectivity index (χ2v) is 17.9. The van der Waals surface area contributed by atoms with Gasteiger partial charge in [0, 0.05) is 16.6 Å². The highest BCUT2D eigenvalue weighted by Crippen LogP contribution is 2.30. The third-order valence-corrected chi connectivity index (χ3v) is 16.6. The zero-order chi connectivity index (χ0) is 19.3. The molecule has 0 aliphatic heterocycles. The van der Waals surface area contributed by atoms with Crippen LogP contribution in [0.3, 0.4) is 0 Å². The van der Waals surface area contributed by atoms with Gasteiger partial charge in [0.2, 0.25) is 0 Å². The molecule has 0 saturated carbocycles. The van der Waals surface area contributed by atoms with E-state index in [4.69, 9.17) is 0 Å². The van der Waals surface area contributed by atoms with Crippen LogP contribution in [0.5, 0.6) is 0 Å². The van der Waals surface area contributed by atoms with E-state index in [9.17, 15) is 0 Å². The summed E-state index contributed by atoms with van der Waals surface area (Å²) in [4.78, 5) is 0. The molecule has 2 heteroatoms. The van der Waals surface area contributed by atoms with Crippen molar-refractivity contribution in [2.45, 2.75) is 155 Å². The smallest absolute Gasteiger partial charge is 0.0418 e. The van der Waals surface area contributed by atoms with Crippen LogP contribution in [0, 0.1) is 0 Å². The van der Waals surface area contributed by atoms with Crippen LogP contribution in [0.4, 0.5) is 0 Å². The Bertz CT molecular complexity index is 234. The predicted octanol–water partition coefficient (Wildman–Crippen LogP) is 9.38. The summed E-state index contributed by atoms with van der Waals surface area (Å²) in [5.41, 5.74) is 0. The Morgan fingerprint density at radius 2 is 0.769 bits per heavy atom. The molecule has 0 aromatic rings. The average molecular weight is 397 g/mol. The molecular weight excluding hydrogens is 344 g/mol. The molecular formula is C24H52Si2. The summed E-state index contributed by atoms with van der Waals surface area (Å²) in [6.45, 7) is 9.41. The molecule has 0 bridgehead atoms. The van der Waals surface area contributed by atoms with Crippen LogP contribution < -0.4 is 0 Å². The molecule has 156 valence electrons. The maximum Gasteiger partial charge on any atom is 0.0418 e. The van der Waals surface area contributed by atoms with Gasteiger partial charge in [-0.3, -0.25) is 0 Å². The van der Waals surface area contributed by atoms with Gasteiger partial charge in [-0.15, -0.1) is 0 Å². The molecule has 0 spiro atoms. The molecule has 0 fully saturated rings. The van der Waals surface area contributed by atoms with E-state index in [0.717, 1.165) is 0 Å². The van der Waals surface area contributed by atoms with Crippen LogP contribution in [0.1, 0.15) is 130 Å². The van der Waals surface area contributed by atoms with Crippen LogP contribution in [0.25, 0.3) is 0 Å². The van der Waals surface area contributed by atoms with Crippen LogP contribution in [0.2, 0.25) is 24.2 Å². The van der Waals surface area contributed by atoms with Crippen LogP contribution in [0.15, 0.2) is 0 Å². The molecule has 0 rings (SSSR count). The van der Waals surface area contributed by atoms with Crippen molar-refractivity contribution in [2.75, 3.05) is 0 Å². The Morgan fingerprint density at radius 1 is 0.423 bits per heavy atom. The lowest BCUT2D eigenvalue weighted by atomic mass is 10.2. The van der Waals surface area contributed by atoms with E-state index in [1.54, 1.807) is 43.4 Å². The van der Waals surface area contributed by atoms with Crippen molar-refractivity contribution in [3.05, 3.63) is 0 Å². The van der Waals surface area contributed by atoms with Crippen molar-refractivity contribution < 1.29 is 0 Å².